The van der Waals surface area contributed by atoms with Crippen molar-refractivity contribution in [2.24, 2.45) is 0 Å². The van der Waals surface area contributed by atoms with Gasteiger partial charge in [0.15, 0.2) is 11.6 Å². The molecule has 0 unspecified atom stereocenters. The first kappa shape index (κ1) is 19.4. The number of benzene rings is 1. The number of carboxylic acid groups (broad SMARTS) is 1. The molecule has 1 aliphatic heterocycles. The lowest BCUT2D eigenvalue weighted by molar-refractivity contribution is 0.0695. The smallest absolute Gasteiger partial charge is 0.341 e. The van der Waals surface area contributed by atoms with Gasteiger partial charge in [0.25, 0.3) is 0 Å². The Morgan fingerprint density at radius 1 is 1.33 bits per heavy atom. The van der Waals surface area contributed by atoms with Crippen LogP contribution >= 0.6 is 12.4 Å². The van der Waals surface area contributed by atoms with E-state index in [9.17, 15) is 19.1 Å². The number of hydrogen-bond donors (Lipinski definition) is 2. The van der Waals surface area contributed by atoms with Crippen molar-refractivity contribution in [2.45, 2.75) is 18.9 Å². The quantitative estimate of drug-likeness (QED) is 0.821. The molecular formula is C18H21ClFN3O4. The predicted molar refractivity (Wildman–Crippen MR) is 102 cm³/mol. The minimum Gasteiger partial charge on any atom is -0.492 e. The van der Waals surface area contributed by atoms with Gasteiger partial charge in [-0.3, -0.25) is 4.79 Å². The van der Waals surface area contributed by atoms with Crippen LogP contribution in [0.15, 0.2) is 17.1 Å². The van der Waals surface area contributed by atoms with Crippen molar-refractivity contribution in [3.8, 4) is 5.75 Å². The van der Waals surface area contributed by atoms with Gasteiger partial charge in [0.2, 0.25) is 5.43 Å². The SMILES string of the molecule is COc1c(N2CCNCC2)c(F)cc2c(=O)c(C(=O)O)cn(C3CC3)c12.Cl. The third-order valence-corrected chi connectivity index (χ3v) is 5.01. The maximum absolute atomic E-state index is 15.0. The van der Waals surface area contributed by atoms with Crippen molar-refractivity contribution < 1.29 is 19.0 Å². The molecule has 1 saturated carbocycles. The Bertz CT molecular complexity index is 952. The molecular weight excluding hydrogens is 377 g/mol. The topological polar surface area (TPSA) is 83.8 Å². The Hall–Kier alpha value is -2.32. The monoisotopic (exact) mass is 397 g/mol. The summed E-state index contributed by atoms with van der Waals surface area (Å²) in [6.07, 6.45) is 3.15. The lowest BCUT2D eigenvalue weighted by Crippen LogP contribution is -2.44. The van der Waals surface area contributed by atoms with Crippen LogP contribution in [0.5, 0.6) is 5.75 Å². The number of nitrogens with zero attached hydrogens (tertiary/aromatic N) is 2. The van der Waals surface area contributed by atoms with E-state index in [1.807, 2.05) is 4.90 Å². The first-order chi connectivity index (χ1) is 12.5. The molecule has 1 aliphatic carbocycles. The van der Waals surface area contributed by atoms with Crippen LogP contribution in [0.1, 0.15) is 29.2 Å². The summed E-state index contributed by atoms with van der Waals surface area (Å²) in [7, 11) is 1.45. The first-order valence-electron chi connectivity index (χ1n) is 8.67. The third kappa shape index (κ3) is 3.23. The van der Waals surface area contributed by atoms with E-state index in [1.165, 1.54) is 13.3 Å². The van der Waals surface area contributed by atoms with Gasteiger partial charge in [0, 0.05) is 38.4 Å². The lowest BCUT2D eigenvalue weighted by Gasteiger charge is -2.31. The van der Waals surface area contributed by atoms with E-state index >= 15 is 0 Å². The van der Waals surface area contributed by atoms with E-state index in [0.29, 0.717) is 30.0 Å². The van der Waals surface area contributed by atoms with E-state index in [2.05, 4.69) is 5.32 Å². The summed E-state index contributed by atoms with van der Waals surface area (Å²) < 4.78 is 22.3. The number of pyridine rings is 1. The molecule has 146 valence electrons. The molecule has 0 atom stereocenters. The van der Waals surface area contributed by atoms with Crippen molar-refractivity contribution >= 4 is 35.0 Å². The number of aromatic nitrogens is 1. The molecule has 0 radical (unpaired) electrons. The molecule has 2 aromatic rings. The second kappa shape index (κ2) is 7.36. The fourth-order valence-corrected chi connectivity index (χ4v) is 3.61. The lowest BCUT2D eigenvalue weighted by atomic mass is 10.1. The number of methoxy groups -OCH3 is 1. The molecule has 4 rings (SSSR count). The van der Waals surface area contributed by atoms with Gasteiger partial charge in [-0.15, -0.1) is 12.4 Å². The highest BCUT2D eigenvalue weighted by atomic mass is 35.5. The van der Waals surface area contributed by atoms with Gasteiger partial charge < -0.3 is 24.6 Å². The van der Waals surface area contributed by atoms with E-state index in [0.717, 1.165) is 32.0 Å². The zero-order chi connectivity index (χ0) is 18.4. The standard InChI is InChI=1S/C18H20FN3O4.ClH/c1-26-17-14-11(8-13(19)15(17)21-6-4-20-5-7-21)16(23)12(18(24)25)9-22(14)10-2-3-10;/h8-10,20H,2-7H2,1H3,(H,24,25);1H. The van der Waals surface area contributed by atoms with Gasteiger partial charge in [0.1, 0.15) is 11.3 Å². The number of fused-ring (bicyclic) bond motifs is 1. The number of nitrogens with one attached hydrogen (secondary N) is 1. The highest BCUT2D eigenvalue weighted by Gasteiger charge is 2.31. The summed E-state index contributed by atoms with van der Waals surface area (Å²) in [4.78, 5) is 26.0. The van der Waals surface area contributed by atoms with Crippen LogP contribution in [0.25, 0.3) is 10.9 Å². The van der Waals surface area contributed by atoms with E-state index in [-0.39, 0.29) is 29.4 Å². The van der Waals surface area contributed by atoms with Gasteiger partial charge in [-0.2, -0.15) is 0 Å². The molecule has 9 heteroatoms. The van der Waals surface area contributed by atoms with Crippen LogP contribution < -0.4 is 20.4 Å². The average Bonchev–Trinajstić information content (AvgIpc) is 3.47. The second-order valence-electron chi connectivity index (χ2n) is 6.69. The van der Waals surface area contributed by atoms with Crippen molar-refractivity contribution in [3.05, 3.63) is 33.9 Å². The number of hydrogen-bond acceptors (Lipinski definition) is 5. The van der Waals surface area contributed by atoms with Crippen LogP contribution in [0.4, 0.5) is 10.1 Å². The van der Waals surface area contributed by atoms with Gasteiger partial charge in [-0.1, -0.05) is 0 Å². The zero-order valence-electron chi connectivity index (χ0n) is 14.8. The second-order valence-corrected chi connectivity index (χ2v) is 6.69. The fourth-order valence-electron chi connectivity index (χ4n) is 3.61. The number of ether oxygens (including phenoxy) is 1. The Morgan fingerprint density at radius 2 is 2.00 bits per heavy atom. The Labute approximate surface area is 161 Å². The molecule has 1 aromatic heterocycles. The fraction of sp³-hybridized carbons (Fsp3) is 0.444. The number of carboxylic acids is 1. The van der Waals surface area contributed by atoms with Crippen molar-refractivity contribution in [3.63, 3.8) is 0 Å². The van der Waals surface area contributed by atoms with E-state index in [4.69, 9.17) is 4.74 Å². The normalized spacial score (nSPS) is 16.9. The minimum atomic E-state index is -1.31. The molecule has 0 bridgehead atoms. The van der Waals surface area contributed by atoms with Crippen molar-refractivity contribution in [1.82, 2.24) is 9.88 Å². The largest absolute Gasteiger partial charge is 0.492 e. The van der Waals surface area contributed by atoms with E-state index < -0.39 is 17.2 Å². The summed E-state index contributed by atoms with van der Waals surface area (Å²) in [5, 5.41) is 12.6. The maximum Gasteiger partial charge on any atom is 0.341 e. The summed E-state index contributed by atoms with van der Waals surface area (Å²) >= 11 is 0. The average molecular weight is 398 g/mol. The Kier molecular flexibility index (Phi) is 5.30. The number of carbonyl (C=O) groups is 1. The van der Waals surface area contributed by atoms with Crippen LogP contribution in [-0.2, 0) is 0 Å². The summed E-state index contributed by atoms with van der Waals surface area (Å²) in [6, 6.07) is 1.26. The summed E-state index contributed by atoms with van der Waals surface area (Å²) in [5.74, 6) is -1.59. The van der Waals surface area contributed by atoms with Crippen LogP contribution in [-0.4, -0.2) is 48.9 Å². The minimum absolute atomic E-state index is 0. The number of halogens is 2. The zero-order valence-corrected chi connectivity index (χ0v) is 15.6. The third-order valence-electron chi connectivity index (χ3n) is 5.01. The molecule has 2 heterocycles. The molecule has 7 nitrogen and oxygen atoms in total. The Balaban J connectivity index is 0.00000210. The number of rotatable bonds is 4. The summed E-state index contributed by atoms with van der Waals surface area (Å²) in [5.41, 5.74) is -0.229. The van der Waals surface area contributed by atoms with Crippen LogP contribution in [0.2, 0.25) is 0 Å². The predicted octanol–water partition coefficient (Wildman–Crippen LogP) is 2.01. The number of anilines is 1. The molecule has 1 aromatic carbocycles. The molecule has 0 spiro atoms. The van der Waals surface area contributed by atoms with Crippen LogP contribution in [0, 0.1) is 5.82 Å². The number of aromatic carboxylic acids is 1. The van der Waals surface area contributed by atoms with Gasteiger partial charge >= 0.3 is 5.97 Å². The molecule has 2 aliphatic rings. The van der Waals surface area contributed by atoms with Gasteiger partial charge in [-0.25, -0.2) is 9.18 Å². The molecule has 27 heavy (non-hydrogen) atoms. The van der Waals surface area contributed by atoms with Crippen molar-refractivity contribution in [2.75, 3.05) is 38.2 Å². The highest BCUT2D eigenvalue weighted by Crippen LogP contribution is 2.43. The molecule has 2 N–H and O–H groups in total. The highest BCUT2D eigenvalue weighted by molar-refractivity contribution is 5.97. The molecule has 1 saturated heterocycles. The molecule has 0 amide bonds. The first-order valence-corrected chi connectivity index (χ1v) is 8.67. The molecule has 2 fully saturated rings. The van der Waals surface area contributed by atoms with E-state index in [1.54, 1.807) is 4.57 Å². The Morgan fingerprint density at radius 3 is 2.56 bits per heavy atom. The maximum atomic E-state index is 15.0. The number of piperazine rings is 1. The van der Waals surface area contributed by atoms with Crippen molar-refractivity contribution in [1.29, 1.82) is 0 Å². The van der Waals surface area contributed by atoms with Crippen LogP contribution in [0.3, 0.4) is 0 Å². The summed E-state index contributed by atoms with van der Waals surface area (Å²) in [6.45, 7) is 2.71. The van der Waals surface area contributed by atoms with Gasteiger partial charge in [-0.05, 0) is 18.9 Å². The van der Waals surface area contributed by atoms with Gasteiger partial charge in [0.05, 0.1) is 18.0 Å².